The second kappa shape index (κ2) is 8.87. The highest BCUT2D eigenvalue weighted by atomic mass is 16.5. The van der Waals surface area contributed by atoms with E-state index in [4.69, 9.17) is 9.47 Å². The third-order valence-electron chi connectivity index (χ3n) is 3.70. The summed E-state index contributed by atoms with van der Waals surface area (Å²) in [4.78, 5) is 23.1. The molecule has 1 aromatic carbocycles. The van der Waals surface area contributed by atoms with E-state index in [1.54, 1.807) is 32.2 Å². The van der Waals surface area contributed by atoms with Gasteiger partial charge in [-0.2, -0.15) is 0 Å². The Labute approximate surface area is 136 Å². The lowest BCUT2D eigenvalue weighted by molar-refractivity contribution is -0.140. The summed E-state index contributed by atoms with van der Waals surface area (Å²) in [5.41, 5.74) is 0.763. The second-order valence-electron chi connectivity index (χ2n) is 5.21. The van der Waals surface area contributed by atoms with Crippen molar-refractivity contribution < 1.29 is 24.2 Å². The minimum Gasteiger partial charge on any atom is -0.497 e. The van der Waals surface area contributed by atoms with Gasteiger partial charge < -0.3 is 25.2 Å². The van der Waals surface area contributed by atoms with E-state index < -0.39 is 18.0 Å². The molecule has 128 valence electrons. The van der Waals surface area contributed by atoms with Gasteiger partial charge in [0, 0.05) is 18.2 Å². The summed E-state index contributed by atoms with van der Waals surface area (Å²) in [6.45, 7) is 3.87. The van der Waals surface area contributed by atoms with E-state index in [2.05, 4.69) is 10.6 Å². The first-order valence-electron chi connectivity index (χ1n) is 7.41. The summed E-state index contributed by atoms with van der Waals surface area (Å²) in [7, 11) is 3.09. The van der Waals surface area contributed by atoms with Crippen LogP contribution in [0.1, 0.15) is 25.8 Å². The number of urea groups is 1. The number of carbonyl (C=O) groups is 2. The van der Waals surface area contributed by atoms with Crippen LogP contribution in [0, 0.1) is 5.92 Å². The number of nitrogens with one attached hydrogen (secondary N) is 2. The summed E-state index contributed by atoms with van der Waals surface area (Å²) in [5.74, 6) is 0.0319. The molecule has 1 rings (SSSR count). The van der Waals surface area contributed by atoms with Crippen molar-refractivity contribution in [3.63, 3.8) is 0 Å². The monoisotopic (exact) mass is 324 g/mol. The third kappa shape index (κ3) is 5.36. The predicted molar refractivity (Wildman–Crippen MR) is 85.8 cm³/mol. The molecule has 2 atom stereocenters. The molecule has 3 N–H and O–H groups in total. The van der Waals surface area contributed by atoms with E-state index >= 15 is 0 Å². The van der Waals surface area contributed by atoms with E-state index in [-0.39, 0.29) is 12.5 Å². The molecule has 0 heterocycles. The lowest BCUT2D eigenvalue weighted by Gasteiger charge is -2.20. The Morgan fingerprint density at radius 2 is 1.96 bits per heavy atom. The van der Waals surface area contributed by atoms with Gasteiger partial charge >= 0.3 is 12.0 Å². The normalized spacial score (nSPS) is 12.9. The van der Waals surface area contributed by atoms with Gasteiger partial charge in [0.15, 0.2) is 0 Å². The molecule has 0 aromatic heterocycles. The fourth-order valence-corrected chi connectivity index (χ4v) is 2.05. The number of ether oxygens (including phenoxy) is 2. The number of hydrogen-bond donors (Lipinski definition) is 3. The molecule has 0 saturated heterocycles. The van der Waals surface area contributed by atoms with E-state index in [0.29, 0.717) is 17.9 Å². The fourth-order valence-electron chi connectivity index (χ4n) is 2.05. The zero-order chi connectivity index (χ0) is 17.4. The number of methoxy groups -OCH3 is 2. The zero-order valence-corrected chi connectivity index (χ0v) is 13.9. The molecule has 2 amide bonds. The zero-order valence-electron chi connectivity index (χ0n) is 13.9. The van der Waals surface area contributed by atoms with Crippen LogP contribution in [0.4, 0.5) is 4.79 Å². The number of carboxylic acid groups (broad SMARTS) is 1. The van der Waals surface area contributed by atoms with Gasteiger partial charge in [0.05, 0.1) is 14.2 Å². The lowest BCUT2D eigenvalue weighted by atomic mass is 9.99. The number of carboxylic acids is 1. The van der Waals surface area contributed by atoms with Gasteiger partial charge in [-0.05, 0) is 18.1 Å². The average molecular weight is 324 g/mol. The lowest BCUT2D eigenvalue weighted by Crippen LogP contribution is -2.48. The summed E-state index contributed by atoms with van der Waals surface area (Å²) in [6.07, 6.45) is 0.656. The maximum absolute atomic E-state index is 11.9. The molecule has 0 unspecified atom stereocenters. The average Bonchev–Trinajstić information content (AvgIpc) is 2.56. The molecule has 0 aliphatic carbocycles. The number of rotatable bonds is 8. The maximum Gasteiger partial charge on any atom is 0.326 e. The first kappa shape index (κ1) is 18.6. The van der Waals surface area contributed by atoms with Gasteiger partial charge in [0.1, 0.15) is 17.5 Å². The molecule has 0 saturated carbocycles. The first-order chi connectivity index (χ1) is 10.9. The molecular weight excluding hydrogens is 300 g/mol. The van der Waals surface area contributed by atoms with Crippen LogP contribution in [0.3, 0.4) is 0 Å². The standard InChI is InChI=1S/C16H24N2O5/c1-5-10(2)14(15(19)20)18-16(21)17-9-11-6-7-12(22-3)8-13(11)23-4/h6-8,10,14H,5,9H2,1-4H3,(H,19,20)(H2,17,18,21)/t10-,14-/m0/s1. The van der Waals surface area contributed by atoms with Crippen molar-refractivity contribution in [3.8, 4) is 11.5 Å². The molecule has 0 spiro atoms. The molecule has 0 bridgehead atoms. The Morgan fingerprint density at radius 1 is 1.26 bits per heavy atom. The number of hydrogen-bond acceptors (Lipinski definition) is 4. The van der Waals surface area contributed by atoms with Gasteiger partial charge in [0.25, 0.3) is 0 Å². The van der Waals surface area contributed by atoms with E-state index in [9.17, 15) is 14.7 Å². The van der Waals surface area contributed by atoms with Gasteiger partial charge in [-0.25, -0.2) is 9.59 Å². The van der Waals surface area contributed by atoms with E-state index in [1.807, 2.05) is 6.92 Å². The SMILES string of the molecule is CC[C@H](C)[C@H](NC(=O)NCc1ccc(OC)cc1OC)C(=O)O. The Kier molecular flexibility index (Phi) is 7.18. The first-order valence-corrected chi connectivity index (χ1v) is 7.41. The van der Waals surface area contributed by atoms with Crippen molar-refractivity contribution in [3.05, 3.63) is 23.8 Å². The molecule has 0 aliphatic heterocycles. The molecule has 0 aliphatic rings. The summed E-state index contributed by atoms with van der Waals surface area (Å²) in [5, 5.41) is 14.3. The van der Waals surface area contributed by atoms with Crippen molar-refractivity contribution in [2.75, 3.05) is 14.2 Å². The largest absolute Gasteiger partial charge is 0.497 e. The summed E-state index contributed by atoms with van der Waals surface area (Å²) >= 11 is 0. The molecule has 1 aromatic rings. The second-order valence-corrected chi connectivity index (χ2v) is 5.21. The van der Waals surface area contributed by atoms with E-state index in [0.717, 1.165) is 5.56 Å². The van der Waals surface area contributed by atoms with Crippen molar-refractivity contribution in [2.45, 2.75) is 32.9 Å². The smallest absolute Gasteiger partial charge is 0.326 e. The molecule has 7 nitrogen and oxygen atoms in total. The highest BCUT2D eigenvalue weighted by molar-refractivity contribution is 5.82. The fraction of sp³-hybridized carbons (Fsp3) is 0.500. The van der Waals surface area contributed by atoms with Crippen LogP contribution < -0.4 is 20.1 Å². The summed E-state index contributed by atoms with van der Waals surface area (Å²) in [6, 6.07) is 3.81. The number of aliphatic carboxylic acids is 1. The third-order valence-corrected chi connectivity index (χ3v) is 3.70. The highest BCUT2D eigenvalue weighted by Crippen LogP contribution is 2.24. The van der Waals surface area contributed by atoms with Crippen LogP contribution >= 0.6 is 0 Å². The van der Waals surface area contributed by atoms with Crippen LogP contribution in [0.15, 0.2) is 18.2 Å². The quantitative estimate of drug-likeness (QED) is 0.679. The van der Waals surface area contributed by atoms with Crippen LogP contribution in [0.25, 0.3) is 0 Å². The van der Waals surface area contributed by atoms with Gasteiger partial charge in [-0.1, -0.05) is 20.3 Å². The van der Waals surface area contributed by atoms with Crippen LogP contribution in [-0.2, 0) is 11.3 Å². The van der Waals surface area contributed by atoms with Crippen LogP contribution in [-0.4, -0.2) is 37.4 Å². The van der Waals surface area contributed by atoms with Crippen molar-refractivity contribution >= 4 is 12.0 Å². The van der Waals surface area contributed by atoms with Crippen LogP contribution in [0.2, 0.25) is 0 Å². The topological polar surface area (TPSA) is 96.9 Å². The Bertz CT molecular complexity index is 547. The Morgan fingerprint density at radius 3 is 2.48 bits per heavy atom. The molecule has 23 heavy (non-hydrogen) atoms. The maximum atomic E-state index is 11.9. The minimum absolute atomic E-state index is 0.159. The van der Waals surface area contributed by atoms with Gasteiger partial charge in [0.2, 0.25) is 0 Å². The van der Waals surface area contributed by atoms with Gasteiger partial charge in [-0.15, -0.1) is 0 Å². The Balaban J connectivity index is 2.67. The summed E-state index contributed by atoms with van der Waals surface area (Å²) < 4.78 is 10.4. The molecule has 0 fully saturated rings. The number of carbonyl (C=O) groups excluding carboxylic acids is 1. The molecular formula is C16H24N2O5. The predicted octanol–water partition coefficient (Wildman–Crippen LogP) is 2.00. The molecule has 7 heteroatoms. The number of benzene rings is 1. The Hall–Kier alpha value is -2.44. The van der Waals surface area contributed by atoms with Gasteiger partial charge in [-0.3, -0.25) is 0 Å². The highest BCUT2D eigenvalue weighted by Gasteiger charge is 2.25. The van der Waals surface area contributed by atoms with Crippen molar-refractivity contribution in [1.82, 2.24) is 10.6 Å². The number of amides is 2. The van der Waals surface area contributed by atoms with E-state index in [1.165, 1.54) is 7.11 Å². The van der Waals surface area contributed by atoms with Crippen LogP contribution in [0.5, 0.6) is 11.5 Å². The minimum atomic E-state index is -1.04. The van der Waals surface area contributed by atoms with Crippen molar-refractivity contribution in [2.24, 2.45) is 5.92 Å². The molecule has 0 radical (unpaired) electrons. The van der Waals surface area contributed by atoms with Crippen molar-refractivity contribution in [1.29, 1.82) is 0 Å².